The van der Waals surface area contributed by atoms with E-state index in [1.807, 2.05) is 44.2 Å². The van der Waals surface area contributed by atoms with Crippen LogP contribution in [0, 0.1) is 0 Å². The minimum absolute atomic E-state index is 0.0538. The van der Waals surface area contributed by atoms with Gasteiger partial charge < -0.3 is 19.7 Å². The van der Waals surface area contributed by atoms with Gasteiger partial charge in [0.2, 0.25) is 21.8 Å². The van der Waals surface area contributed by atoms with Crippen molar-refractivity contribution in [1.82, 2.24) is 14.5 Å². The molecule has 0 heterocycles. The summed E-state index contributed by atoms with van der Waals surface area (Å²) in [7, 11) is -2.13. The van der Waals surface area contributed by atoms with Gasteiger partial charge in [0.05, 0.1) is 26.0 Å². The average Bonchev–Trinajstić information content (AvgIpc) is 2.86. The van der Waals surface area contributed by atoms with Gasteiger partial charge in [0.1, 0.15) is 11.8 Å². The topological polar surface area (TPSA) is 105 Å². The van der Waals surface area contributed by atoms with E-state index >= 15 is 0 Å². The van der Waals surface area contributed by atoms with Crippen molar-refractivity contribution < 1.29 is 27.5 Å². The number of hydrogen-bond acceptors (Lipinski definition) is 6. The zero-order chi connectivity index (χ0) is 27.4. The van der Waals surface area contributed by atoms with Crippen LogP contribution in [0.15, 0.2) is 54.6 Å². The summed E-state index contributed by atoms with van der Waals surface area (Å²) in [6.45, 7) is 6.26. The van der Waals surface area contributed by atoms with Gasteiger partial charge in [-0.25, -0.2) is 8.42 Å². The molecule has 1 N–H and O–H groups in total. The van der Waals surface area contributed by atoms with Crippen LogP contribution in [0.25, 0.3) is 0 Å². The summed E-state index contributed by atoms with van der Waals surface area (Å²) in [5, 5.41) is 2.85. The van der Waals surface area contributed by atoms with Gasteiger partial charge in [-0.3, -0.25) is 9.59 Å². The first-order chi connectivity index (χ1) is 17.5. The van der Waals surface area contributed by atoms with Gasteiger partial charge in [0, 0.05) is 26.2 Å². The van der Waals surface area contributed by atoms with E-state index in [2.05, 4.69) is 5.32 Å². The van der Waals surface area contributed by atoms with Crippen molar-refractivity contribution >= 4 is 21.8 Å². The number of amides is 2. The standard InChI is InChI=1S/C27H39N3O6S/c1-21(2)36-17-9-16-28-27(32)22(3)30(19-24-12-14-25(35-4)15-13-24)26(31)20-29(37(5,33)34)18-23-10-7-6-8-11-23/h6-8,10-15,21-22H,9,16-20H2,1-5H3,(H,28,32)/t22-/m1/s1. The van der Waals surface area contributed by atoms with Crippen LogP contribution in [0.2, 0.25) is 0 Å². The molecule has 2 rings (SSSR count). The van der Waals surface area contributed by atoms with Crippen LogP contribution in [0.4, 0.5) is 0 Å². The Hall–Kier alpha value is -2.95. The third-order valence-corrected chi connectivity index (χ3v) is 6.93. The van der Waals surface area contributed by atoms with Crippen LogP contribution in [-0.2, 0) is 37.4 Å². The third-order valence-electron chi connectivity index (χ3n) is 5.73. The van der Waals surface area contributed by atoms with Crippen molar-refractivity contribution in [3.63, 3.8) is 0 Å². The van der Waals surface area contributed by atoms with Gasteiger partial charge >= 0.3 is 0 Å². The Morgan fingerprint density at radius 1 is 0.946 bits per heavy atom. The van der Waals surface area contributed by atoms with Gasteiger partial charge in [0.25, 0.3) is 0 Å². The summed E-state index contributed by atoms with van der Waals surface area (Å²) in [4.78, 5) is 27.9. The number of ether oxygens (including phenoxy) is 2. The van der Waals surface area contributed by atoms with Crippen molar-refractivity contribution in [3.05, 3.63) is 65.7 Å². The predicted octanol–water partition coefficient (Wildman–Crippen LogP) is 2.81. The van der Waals surface area contributed by atoms with Gasteiger partial charge in [-0.15, -0.1) is 0 Å². The molecule has 9 nitrogen and oxygen atoms in total. The molecule has 204 valence electrons. The Balaban J connectivity index is 2.19. The SMILES string of the molecule is COc1ccc(CN(C(=O)CN(Cc2ccccc2)S(C)(=O)=O)[C@H](C)C(=O)NCCCOC(C)C)cc1. The first-order valence-electron chi connectivity index (χ1n) is 12.3. The number of nitrogens with one attached hydrogen (secondary N) is 1. The van der Waals surface area contributed by atoms with Crippen LogP contribution in [0.1, 0.15) is 38.3 Å². The predicted molar refractivity (Wildman–Crippen MR) is 143 cm³/mol. The van der Waals surface area contributed by atoms with Crippen LogP contribution >= 0.6 is 0 Å². The average molecular weight is 534 g/mol. The molecule has 0 unspecified atom stereocenters. The summed E-state index contributed by atoms with van der Waals surface area (Å²) in [5.74, 6) is -0.120. The summed E-state index contributed by atoms with van der Waals surface area (Å²) in [6, 6.07) is 15.4. The first-order valence-corrected chi connectivity index (χ1v) is 14.2. The Bertz CT molecular complexity index is 1090. The van der Waals surface area contributed by atoms with Gasteiger partial charge in [-0.2, -0.15) is 4.31 Å². The molecule has 0 aliphatic rings. The second-order valence-electron chi connectivity index (χ2n) is 9.13. The molecule has 0 saturated heterocycles. The molecule has 10 heteroatoms. The molecule has 0 aliphatic carbocycles. The van der Waals surface area contributed by atoms with Crippen LogP contribution in [-0.4, -0.2) is 74.6 Å². The van der Waals surface area contributed by atoms with Crippen LogP contribution < -0.4 is 10.1 Å². The fourth-order valence-electron chi connectivity index (χ4n) is 3.58. The molecule has 2 aromatic carbocycles. The van der Waals surface area contributed by atoms with Gasteiger partial charge in [0.15, 0.2) is 0 Å². The number of hydrogen-bond donors (Lipinski definition) is 1. The minimum atomic E-state index is -3.69. The lowest BCUT2D eigenvalue weighted by atomic mass is 10.1. The van der Waals surface area contributed by atoms with Crippen molar-refractivity contribution in [3.8, 4) is 5.75 Å². The smallest absolute Gasteiger partial charge is 0.242 e. The van der Waals surface area contributed by atoms with Gasteiger partial charge in [-0.05, 0) is 50.5 Å². The molecular weight excluding hydrogens is 494 g/mol. The van der Waals surface area contributed by atoms with Crippen molar-refractivity contribution in [2.24, 2.45) is 0 Å². The summed E-state index contributed by atoms with van der Waals surface area (Å²) >= 11 is 0. The Kier molecular flexibility index (Phi) is 12.0. The van der Waals surface area contributed by atoms with E-state index in [1.54, 1.807) is 38.3 Å². The molecular formula is C27H39N3O6S. The Morgan fingerprint density at radius 3 is 2.14 bits per heavy atom. The number of methoxy groups -OCH3 is 1. The zero-order valence-corrected chi connectivity index (χ0v) is 23.2. The monoisotopic (exact) mass is 533 g/mol. The Labute approximate surface area is 220 Å². The number of carbonyl (C=O) groups is 2. The largest absolute Gasteiger partial charge is 0.497 e. The van der Waals surface area contributed by atoms with Crippen LogP contribution in [0.3, 0.4) is 0 Å². The van der Waals surface area contributed by atoms with Crippen molar-refractivity contribution in [2.45, 2.75) is 52.4 Å². The molecule has 0 radical (unpaired) electrons. The second kappa shape index (κ2) is 14.7. The summed E-state index contributed by atoms with van der Waals surface area (Å²) in [6.07, 6.45) is 1.83. The molecule has 0 saturated carbocycles. The molecule has 1 atom stereocenters. The minimum Gasteiger partial charge on any atom is -0.497 e. The highest BCUT2D eigenvalue weighted by Crippen LogP contribution is 2.16. The lowest BCUT2D eigenvalue weighted by Gasteiger charge is -2.31. The highest BCUT2D eigenvalue weighted by atomic mass is 32.2. The molecule has 0 aromatic heterocycles. The highest BCUT2D eigenvalue weighted by Gasteiger charge is 2.29. The fraction of sp³-hybridized carbons (Fsp3) is 0.481. The number of rotatable bonds is 15. The van der Waals surface area contributed by atoms with E-state index in [4.69, 9.17) is 9.47 Å². The summed E-state index contributed by atoms with van der Waals surface area (Å²) < 4.78 is 36.9. The summed E-state index contributed by atoms with van der Waals surface area (Å²) in [5.41, 5.74) is 1.55. The van der Waals surface area contributed by atoms with E-state index in [1.165, 1.54) is 4.90 Å². The highest BCUT2D eigenvalue weighted by molar-refractivity contribution is 7.88. The van der Waals surface area contributed by atoms with E-state index in [-0.39, 0.29) is 31.6 Å². The molecule has 0 fully saturated rings. The van der Waals surface area contributed by atoms with Gasteiger partial charge in [-0.1, -0.05) is 42.5 Å². The number of carbonyl (C=O) groups excluding carboxylic acids is 2. The van der Waals surface area contributed by atoms with E-state index in [0.717, 1.165) is 21.7 Å². The number of benzene rings is 2. The van der Waals surface area contributed by atoms with E-state index < -0.39 is 22.0 Å². The molecule has 0 bridgehead atoms. The number of nitrogens with zero attached hydrogens (tertiary/aromatic N) is 2. The molecule has 37 heavy (non-hydrogen) atoms. The maximum atomic E-state index is 13.5. The molecule has 0 spiro atoms. The number of sulfonamides is 1. The van der Waals surface area contributed by atoms with Crippen LogP contribution in [0.5, 0.6) is 5.75 Å². The van der Waals surface area contributed by atoms with E-state index in [0.29, 0.717) is 25.3 Å². The normalized spacial score (nSPS) is 12.4. The third kappa shape index (κ3) is 10.5. The molecule has 2 aromatic rings. The lowest BCUT2D eigenvalue weighted by molar-refractivity contribution is -0.140. The fourth-order valence-corrected chi connectivity index (χ4v) is 4.31. The maximum absolute atomic E-state index is 13.5. The molecule has 0 aliphatic heterocycles. The van der Waals surface area contributed by atoms with Crippen molar-refractivity contribution in [1.29, 1.82) is 0 Å². The lowest BCUT2D eigenvalue weighted by Crippen LogP contribution is -2.51. The zero-order valence-electron chi connectivity index (χ0n) is 22.3. The quantitative estimate of drug-likeness (QED) is 0.353. The van der Waals surface area contributed by atoms with Crippen molar-refractivity contribution in [2.75, 3.05) is 33.1 Å². The second-order valence-corrected chi connectivity index (χ2v) is 11.1. The maximum Gasteiger partial charge on any atom is 0.242 e. The first kappa shape index (κ1) is 30.3. The Morgan fingerprint density at radius 2 is 1.57 bits per heavy atom. The molecule has 2 amide bonds. The van der Waals surface area contributed by atoms with E-state index in [9.17, 15) is 18.0 Å².